The second-order valence-electron chi connectivity index (χ2n) is 7.96. The number of hydrogen-bond acceptors (Lipinski definition) is 5. The van der Waals surface area contributed by atoms with Crippen molar-refractivity contribution >= 4 is 22.5 Å². The molecule has 0 aliphatic rings. The highest BCUT2D eigenvalue weighted by atomic mass is 16.3. The summed E-state index contributed by atoms with van der Waals surface area (Å²) in [7, 11) is 3.75. The molecule has 0 saturated heterocycles. The number of fused-ring (bicyclic) bond motifs is 1. The number of rotatable bonds is 6. The maximum absolute atomic E-state index is 12.6. The summed E-state index contributed by atoms with van der Waals surface area (Å²) in [6.07, 6.45) is 1.99. The van der Waals surface area contributed by atoms with Gasteiger partial charge in [0.2, 0.25) is 5.91 Å². The number of aromatic hydroxyl groups is 1. The van der Waals surface area contributed by atoms with Crippen LogP contribution in [0.3, 0.4) is 0 Å². The van der Waals surface area contributed by atoms with Gasteiger partial charge in [0.25, 0.3) is 0 Å². The molecule has 1 unspecified atom stereocenters. The summed E-state index contributed by atoms with van der Waals surface area (Å²) in [5, 5.41) is 24.4. The van der Waals surface area contributed by atoms with Gasteiger partial charge in [0.15, 0.2) is 0 Å². The maximum atomic E-state index is 12.6. The average molecular weight is 402 g/mol. The summed E-state index contributed by atoms with van der Waals surface area (Å²) < 4.78 is 0. The summed E-state index contributed by atoms with van der Waals surface area (Å²) in [6, 6.07) is 14.5. The highest BCUT2D eigenvalue weighted by molar-refractivity contribution is 5.86. The van der Waals surface area contributed by atoms with E-state index in [1.807, 2.05) is 63.2 Å². The highest BCUT2D eigenvalue weighted by Crippen LogP contribution is 2.35. The van der Waals surface area contributed by atoms with Crippen LogP contribution in [0.5, 0.6) is 5.75 Å². The van der Waals surface area contributed by atoms with E-state index in [-0.39, 0.29) is 17.6 Å². The van der Waals surface area contributed by atoms with Gasteiger partial charge in [0.05, 0.1) is 17.3 Å². The molecule has 154 valence electrons. The minimum atomic E-state index is -0.606. The van der Waals surface area contributed by atoms with Crippen molar-refractivity contribution < 1.29 is 9.90 Å². The fraction of sp³-hybridized carbons (Fsp3) is 0.292. The normalized spacial score (nSPS) is 11.9. The van der Waals surface area contributed by atoms with Crippen LogP contribution in [0.15, 0.2) is 48.7 Å². The number of benzene rings is 2. The molecule has 0 aliphatic heterocycles. The van der Waals surface area contributed by atoms with Crippen molar-refractivity contribution in [3.8, 4) is 11.8 Å². The Bertz CT molecular complexity index is 1120. The molecule has 0 aliphatic carbocycles. The van der Waals surface area contributed by atoms with Crippen LogP contribution < -0.4 is 10.2 Å². The fourth-order valence-corrected chi connectivity index (χ4v) is 3.52. The number of aromatic nitrogens is 1. The predicted molar refractivity (Wildman–Crippen MR) is 118 cm³/mol. The molecular weight excluding hydrogens is 376 g/mol. The average Bonchev–Trinajstić information content (AvgIpc) is 2.71. The first-order chi connectivity index (χ1) is 14.3. The standard InChI is InChI=1S/C24H26N4O2/c1-15(2)12-21(29)27-22(17-8-10-20(28(3)4)18(13-17)14-25)19-9-7-16-6-5-11-26-23(16)24(19)30/h5-11,13,15,22,30H,12H2,1-4H3,(H,27,29). The van der Waals surface area contributed by atoms with Gasteiger partial charge < -0.3 is 15.3 Å². The fourth-order valence-electron chi connectivity index (χ4n) is 3.52. The molecule has 0 radical (unpaired) electrons. The van der Waals surface area contributed by atoms with Gasteiger partial charge in [-0.1, -0.05) is 38.1 Å². The summed E-state index contributed by atoms with van der Waals surface area (Å²) in [5.41, 5.74) is 3.03. The molecule has 2 N–H and O–H groups in total. The Morgan fingerprint density at radius 1 is 1.23 bits per heavy atom. The molecule has 1 aromatic heterocycles. The lowest BCUT2D eigenvalue weighted by atomic mass is 9.94. The zero-order valence-corrected chi connectivity index (χ0v) is 17.7. The summed E-state index contributed by atoms with van der Waals surface area (Å²) >= 11 is 0. The van der Waals surface area contributed by atoms with Crippen LogP contribution in [0.1, 0.15) is 43.0 Å². The first-order valence-electron chi connectivity index (χ1n) is 9.89. The Kier molecular flexibility index (Phi) is 6.22. The van der Waals surface area contributed by atoms with Crippen molar-refractivity contribution in [1.82, 2.24) is 10.3 Å². The Balaban J connectivity index is 2.14. The van der Waals surface area contributed by atoms with E-state index in [4.69, 9.17) is 0 Å². The monoisotopic (exact) mass is 402 g/mol. The van der Waals surface area contributed by atoms with E-state index in [0.29, 0.717) is 23.1 Å². The predicted octanol–water partition coefficient (Wildman–Crippen LogP) is 4.13. The quantitative estimate of drug-likeness (QED) is 0.647. The van der Waals surface area contributed by atoms with Crippen LogP contribution in [0.2, 0.25) is 0 Å². The molecule has 3 rings (SSSR count). The summed E-state index contributed by atoms with van der Waals surface area (Å²) in [5.74, 6) is 0.104. The van der Waals surface area contributed by atoms with Gasteiger partial charge in [-0.25, -0.2) is 0 Å². The van der Waals surface area contributed by atoms with Crippen molar-refractivity contribution in [2.75, 3.05) is 19.0 Å². The molecule has 0 bridgehead atoms. The number of carbonyl (C=O) groups is 1. The number of nitrogens with zero attached hydrogens (tertiary/aromatic N) is 3. The molecule has 30 heavy (non-hydrogen) atoms. The van der Waals surface area contributed by atoms with Crippen molar-refractivity contribution in [2.24, 2.45) is 5.92 Å². The second kappa shape index (κ2) is 8.83. The van der Waals surface area contributed by atoms with Crippen LogP contribution in [0, 0.1) is 17.2 Å². The number of hydrogen-bond donors (Lipinski definition) is 2. The number of nitriles is 1. The Morgan fingerprint density at radius 2 is 2.00 bits per heavy atom. The van der Waals surface area contributed by atoms with E-state index < -0.39 is 6.04 Å². The number of phenols is 1. The third-order valence-corrected chi connectivity index (χ3v) is 4.95. The third kappa shape index (κ3) is 4.36. The molecule has 1 amide bonds. The van der Waals surface area contributed by atoms with Crippen molar-refractivity contribution in [2.45, 2.75) is 26.3 Å². The van der Waals surface area contributed by atoms with Crippen LogP contribution in [0.25, 0.3) is 10.9 Å². The number of amides is 1. The molecule has 6 nitrogen and oxygen atoms in total. The second-order valence-corrected chi connectivity index (χ2v) is 7.96. The molecular formula is C24H26N4O2. The van der Waals surface area contributed by atoms with Crippen molar-refractivity contribution in [1.29, 1.82) is 5.26 Å². The molecule has 1 atom stereocenters. The molecule has 0 fully saturated rings. The van der Waals surface area contributed by atoms with Gasteiger partial charge in [-0.05, 0) is 29.7 Å². The molecule has 0 saturated carbocycles. The molecule has 0 spiro atoms. The van der Waals surface area contributed by atoms with Crippen molar-refractivity contribution in [3.63, 3.8) is 0 Å². The minimum Gasteiger partial charge on any atom is -0.505 e. The van der Waals surface area contributed by atoms with E-state index in [2.05, 4.69) is 16.4 Å². The van der Waals surface area contributed by atoms with Gasteiger partial charge in [-0.3, -0.25) is 9.78 Å². The first kappa shape index (κ1) is 21.1. The minimum absolute atomic E-state index is 0.0261. The van der Waals surface area contributed by atoms with Gasteiger partial charge >= 0.3 is 0 Å². The van der Waals surface area contributed by atoms with Gasteiger partial charge in [-0.2, -0.15) is 5.26 Å². The molecule has 6 heteroatoms. The number of pyridine rings is 1. The van der Waals surface area contributed by atoms with E-state index in [0.717, 1.165) is 16.6 Å². The largest absolute Gasteiger partial charge is 0.505 e. The SMILES string of the molecule is CC(C)CC(=O)NC(c1ccc(N(C)C)c(C#N)c1)c1ccc2cccnc2c1O. The van der Waals surface area contributed by atoms with Crippen molar-refractivity contribution in [3.05, 3.63) is 65.4 Å². The smallest absolute Gasteiger partial charge is 0.221 e. The third-order valence-electron chi connectivity index (χ3n) is 4.95. The van der Waals surface area contributed by atoms with Gasteiger partial charge in [-0.15, -0.1) is 0 Å². The zero-order valence-electron chi connectivity index (χ0n) is 17.7. The lowest BCUT2D eigenvalue weighted by molar-refractivity contribution is -0.122. The lowest BCUT2D eigenvalue weighted by Gasteiger charge is -2.23. The van der Waals surface area contributed by atoms with E-state index in [9.17, 15) is 15.2 Å². The summed E-state index contributed by atoms with van der Waals surface area (Å²) in [6.45, 7) is 3.96. The van der Waals surface area contributed by atoms with E-state index in [1.54, 1.807) is 18.3 Å². The number of nitrogens with one attached hydrogen (secondary N) is 1. The Morgan fingerprint density at radius 3 is 2.67 bits per heavy atom. The van der Waals surface area contributed by atoms with Crippen LogP contribution in [-0.2, 0) is 4.79 Å². The number of anilines is 1. The van der Waals surface area contributed by atoms with E-state index in [1.165, 1.54) is 0 Å². The van der Waals surface area contributed by atoms with Gasteiger partial charge in [0, 0.05) is 37.7 Å². The molecule has 3 aromatic rings. The maximum Gasteiger partial charge on any atom is 0.221 e. The highest BCUT2D eigenvalue weighted by Gasteiger charge is 2.23. The van der Waals surface area contributed by atoms with E-state index >= 15 is 0 Å². The molecule has 1 heterocycles. The van der Waals surface area contributed by atoms with Crippen LogP contribution >= 0.6 is 0 Å². The topological polar surface area (TPSA) is 89.3 Å². The lowest BCUT2D eigenvalue weighted by Crippen LogP contribution is -2.30. The Labute approximate surface area is 176 Å². The molecule has 2 aromatic carbocycles. The Hall–Kier alpha value is -3.59. The van der Waals surface area contributed by atoms with Crippen LogP contribution in [-0.4, -0.2) is 30.1 Å². The zero-order chi connectivity index (χ0) is 21.8. The number of phenolic OH excluding ortho intramolecular Hbond substituents is 1. The summed E-state index contributed by atoms with van der Waals surface area (Å²) in [4.78, 5) is 18.8. The van der Waals surface area contributed by atoms with Gasteiger partial charge in [0.1, 0.15) is 17.3 Å². The first-order valence-corrected chi connectivity index (χ1v) is 9.89. The number of carbonyl (C=O) groups excluding carboxylic acids is 1. The van der Waals surface area contributed by atoms with Crippen LogP contribution in [0.4, 0.5) is 5.69 Å².